The van der Waals surface area contributed by atoms with Crippen molar-refractivity contribution >= 4 is 23.2 Å². The highest BCUT2D eigenvalue weighted by molar-refractivity contribution is 6.34. The van der Waals surface area contributed by atoms with E-state index in [2.05, 4.69) is 43.3 Å². The fourth-order valence-corrected chi connectivity index (χ4v) is 3.87. The van der Waals surface area contributed by atoms with Gasteiger partial charge in [-0.2, -0.15) is 0 Å². The van der Waals surface area contributed by atoms with Gasteiger partial charge in [0.1, 0.15) is 5.60 Å². The Kier molecular flexibility index (Phi) is 4.98. The first-order chi connectivity index (χ1) is 11.0. The molecule has 0 aromatic heterocycles. The van der Waals surface area contributed by atoms with E-state index in [0.29, 0.717) is 16.7 Å². The average molecular weight is 350 g/mol. The van der Waals surface area contributed by atoms with Crippen LogP contribution in [0, 0.1) is 0 Å². The molecule has 0 amide bonds. The van der Waals surface area contributed by atoms with Crippen molar-refractivity contribution in [2.45, 2.75) is 25.0 Å². The number of benzene rings is 2. The van der Waals surface area contributed by atoms with Gasteiger partial charge in [0, 0.05) is 10.0 Å². The Morgan fingerprint density at radius 1 is 1.09 bits per heavy atom. The molecule has 2 aromatic carbocycles. The van der Waals surface area contributed by atoms with Crippen LogP contribution in [0.15, 0.2) is 42.5 Å². The van der Waals surface area contributed by atoms with Gasteiger partial charge in [-0.05, 0) is 68.4 Å². The third-order valence-corrected chi connectivity index (χ3v) is 4.83. The minimum Gasteiger partial charge on any atom is -0.361 e. The lowest BCUT2D eigenvalue weighted by Crippen LogP contribution is -2.28. The minimum atomic E-state index is -0.457. The molecule has 0 saturated carbocycles. The van der Waals surface area contributed by atoms with Gasteiger partial charge >= 0.3 is 0 Å². The summed E-state index contributed by atoms with van der Waals surface area (Å²) in [6.45, 7) is 1.64. The van der Waals surface area contributed by atoms with E-state index in [4.69, 9.17) is 27.9 Å². The number of hydrogen-bond acceptors (Lipinski definition) is 2. The highest BCUT2D eigenvalue weighted by atomic mass is 35.5. The fraction of sp³-hybridized carbons (Fsp3) is 0.368. The average Bonchev–Trinajstić information content (AvgIpc) is 2.86. The Morgan fingerprint density at radius 2 is 1.78 bits per heavy atom. The molecule has 122 valence electrons. The van der Waals surface area contributed by atoms with Gasteiger partial charge in [0.15, 0.2) is 0 Å². The molecule has 2 aromatic rings. The fourth-order valence-electron chi connectivity index (χ4n) is 3.34. The Labute approximate surface area is 148 Å². The topological polar surface area (TPSA) is 12.5 Å². The van der Waals surface area contributed by atoms with E-state index in [1.807, 2.05) is 12.1 Å². The van der Waals surface area contributed by atoms with E-state index in [9.17, 15) is 0 Å². The highest BCUT2D eigenvalue weighted by Crippen LogP contribution is 2.46. The molecule has 1 heterocycles. The molecule has 3 rings (SSSR count). The predicted molar refractivity (Wildman–Crippen MR) is 96.3 cm³/mol. The summed E-state index contributed by atoms with van der Waals surface area (Å²) in [5.74, 6) is 0. The molecule has 0 saturated heterocycles. The van der Waals surface area contributed by atoms with Gasteiger partial charge in [0.25, 0.3) is 0 Å². The van der Waals surface area contributed by atoms with Crippen LogP contribution in [-0.2, 0) is 16.9 Å². The SMILES string of the molecule is CN(C)CCC[C@]1(c2cc(Cl)cc(Cl)c2)OCc2ccccc21. The lowest BCUT2D eigenvalue weighted by Gasteiger charge is -2.31. The van der Waals surface area contributed by atoms with Crippen molar-refractivity contribution in [1.29, 1.82) is 0 Å². The summed E-state index contributed by atoms with van der Waals surface area (Å²) < 4.78 is 6.35. The molecule has 0 bridgehead atoms. The molecule has 0 unspecified atom stereocenters. The van der Waals surface area contributed by atoms with Gasteiger partial charge in [-0.15, -0.1) is 0 Å². The molecular formula is C19H21Cl2NO. The predicted octanol–water partition coefficient (Wildman–Crippen LogP) is 5.11. The number of rotatable bonds is 5. The second kappa shape index (κ2) is 6.82. The van der Waals surface area contributed by atoms with Gasteiger partial charge < -0.3 is 9.64 Å². The molecule has 0 aliphatic carbocycles. The van der Waals surface area contributed by atoms with E-state index in [1.165, 1.54) is 11.1 Å². The first-order valence-corrected chi connectivity index (χ1v) is 8.60. The minimum absolute atomic E-state index is 0.457. The summed E-state index contributed by atoms with van der Waals surface area (Å²) in [5, 5.41) is 1.29. The van der Waals surface area contributed by atoms with Crippen LogP contribution in [0.1, 0.15) is 29.5 Å². The molecule has 0 fully saturated rings. The Morgan fingerprint density at radius 3 is 2.48 bits per heavy atom. The van der Waals surface area contributed by atoms with Crippen LogP contribution in [0.2, 0.25) is 10.0 Å². The molecule has 4 heteroatoms. The zero-order chi connectivity index (χ0) is 16.4. The Hall–Kier alpha value is -1.06. The molecular weight excluding hydrogens is 329 g/mol. The summed E-state index contributed by atoms with van der Waals surface area (Å²) in [7, 11) is 4.18. The zero-order valence-electron chi connectivity index (χ0n) is 13.5. The second-order valence-electron chi connectivity index (χ2n) is 6.34. The summed E-state index contributed by atoms with van der Waals surface area (Å²) in [6, 6.07) is 14.1. The lowest BCUT2D eigenvalue weighted by atomic mass is 9.82. The van der Waals surface area contributed by atoms with Crippen molar-refractivity contribution in [1.82, 2.24) is 4.90 Å². The van der Waals surface area contributed by atoms with Crippen LogP contribution in [0.25, 0.3) is 0 Å². The summed E-state index contributed by atoms with van der Waals surface area (Å²) in [5.41, 5.74) is 3.06. The van der Waals surface area contributed by atoms with Gasteiger partial charge in [0.2, 0.25) is 0 Å². The van der Waals surface area contributed by atoms with Gasteiger partial charge in [-0.25, -0.2) is 0 Å². The number of fused-ring (bicyclic) bond motifs is 1. The molecule has 23 heavy (non-hydrogen) atoms. The smallest absolute Gasteiger partial charge is 0.119 e. The van der Waals surface area contributed by atoms with Crippen LogP contribution in [-0.4, -0.2) is 25.5 Å². The molecule has 0 N–H and O–H groups in total. The van der Waals surface area contributed by atoms with Crippen LogP contribution < -0.4 is 0 Å². The van der Waals surface area contributed by atoms with E-state index in [0.717, 1.165) is 24.9 Å². The number of halogens is 2. The maximum atomic E-state index is 6.35. The van der Waals surface area contributed by atoms with Crippen molar-refractivity contribution in [2.24, 2.45) is 0 Å². The monoisotopic (exact) mass is 349 g/mol. The van der Waals surface area contributed by atoms with Gasteiger partial charge in [-0.1, -0.05) is 47.5 Å². The van der Waals surface area contributed by atoms with Crippen molar-refractivity contribution < 1.29 is 4.74 Å². The Bertz CT molecular complexity index is 681. The van der Waals surface area contributed by atoms with Crippen molar-refractivity contribution in [2.75, 3.05) is 20.6 Å². The molecule has 0 radical (unpaired) electrons. The van der Waals surface area contributed by atoms with E-state index >= 15 is 0 Å². The number of hydrogen-bond donors (Lipinski definition) is 0. The first-order valence-electron chi connectivity index (χ1n) is 7.85. The third-order valence-electron chi connectivity index (χ3n) is 4.39. The maximum absolute atomic E-state index is 6.35. The van der Waals surface area contributed by atoms with Crippen LogP contribution >= 0.6 is 23.2 Å². The Balaban J connectivity index is 2.04. The van der Waals surface area contributed by atoms with Crippen LogP contribution in [0.3, 0.4) is 0 Å². The molecule has 1 atom stereocenters. The van der Waals surface area contributed by atoms with Crippen molar-refractivity contribution in [3.05, 3.63) is 69.2 Å². The number of nitrogens with zero attached hydrogens (tertiary/aromatic N) is 1. The van der Waals surface area contributed by atoms with E-state index < -0.39 is 5.60 Å². The van der Waals surface area contributed by atoms with Gasteiger partial charge in [0.05, 0.1) is 6.61 Å². The third kappa shape index (κ3) is 3.41. The van der Waals surface area contributed by atoms with Crippen molar-refractivity contribution in [3.63, 3.8) is 0 Å². The standard InChI is InChI=1S/C19H21Cl2NO/c1-22(2)9-5-8-19(15-10-16(20)12-17(21)11-15)18-7-4-3-6-14(18)13-23-19/h3-4,6-7,10-12H,5,8-9,13H2,1-2H3/t19-/m1/s1. The maximum Gasteiger partial charge on any atom is 0.119 e. The number of ether oxygens (including phenoxy) is 1. The molecule has 0 spiro atoms. The molecule has 1 aliphatic heterocycles. The first kappa shape index (κ1) is 16.8. The zero-order valence-corrected chi connectivity index (χ0v) is 15.0. The summed E-state index contributed by atoms with van der Waals surface area (Å²) >= 11 is 12.5. The van der Waals surface area contributed by atoms with Gasteiger partial charge in [-0.3, -0.25) is 0 Å². The summed E-state index contributed by atoms with van der Waals surface area (Å²) in [6.07, 6.45) is 1.93. The lowest BCUT2D eigenvalue weighted by molar-refractivity contribution is -0.0139. The van der Waals surface area contributed by atoms with E-state index in [1.54, 1.807) is 6.07 Å². The highest BCUT2D eigenvalue weighted by Gasteiger charge is 2.41. The largest absolute Gasteiger partial charge is 0.361 e. The normalized spacial score (nSPS) is 20.0. The quantitative estimate of drug-likeness (QED) is 0.743. The summed E-state index contributed by atoms with van der Waals surface area (Å²) in [4.78, 5) is 2.19. The van der Waals surface area contributed by atoms with Crippen LogP contribution in [0.5, 0.6) is 0 Å². The van der Waals surface area contributed by atoms with Crippen molar-refractivity contribution in [3.8, 4) is 0 Å². The van der Waals surface area contributed by atoms with Crippen LogP contribution in [0.4, 0.5) is 0 Å². The van der Waals surface area contributed by atoms with E-state index in [-0.39, 0.29) is 0 Å². The molecule has 2 nitrogen and oxygen atoms in total. The second-order valence-corrected chi connectivity index (χ2v) is 7.21. The molecule has 1 aliphatic rings.